The van der Waals surface area contributed by atoms with E-state index < -0.39 is 0 Å². The second kappa shape index (κ2) is 5.53. The van der Waals surface area contributed by atoms with E-state index in [-0.39, 0.29) is 11.7 Å². The van der Waals surface area contributed by atoms with Crippen LogP contribution in [0.3, 0.4) is 0 Å². The highest BCUT2D eigenvalue weighted by Crippen LogP contribution is 2.21. The molecule has 0 bridgehead atoms. The zero-order chi connectivity index (χ0) is 13.0. The van der Waals surface area contributed by atoms with Gasteiger partial charge in [0.25, 0.3) is 0 Å². The molecule has 0 unspecified atom stereocenters. The van der Waals surface area contributed by atoms with Crippen molar-refractivity contribution in [3.8, 4) is 0 Å². The van der Waals surface area contributed by atoms with Gasteiger partial charge in [0.15, 0.2) is 5.78 Å². The first kappa shape index (κ1) is 12.4. The molecule has 2 rings (SSSR count). The van der Waals surface area contributed by atoms with E-state index in [0.29, 0.717) is 43.6 Å². The Labute approximate surface area is 105 Å². The summed E-state index contributed by atoms with van der Waals surface area (Å²) in [4.78, 5) is 37.4. The number of unbranched alkanes of at least 4 members (excludes halogenated alkanes) is 1. The van der Waals surface area contributed by atoms with E-state index in [2.05, 4.69) is 10.3 Å². The van der Waals surface area contributed by atoms with Crippen LogP contribution < -0.4 is 5.32 Å². The van der Waals surface area contributed by atoms with Gasteiger partial charge in [-0.3, -0.25) is 9.59 Å². The van der Waals surface area contributed by atoms with Crippen molar-refractivity contribution in [3.05, 3.63) is 23.4 Å². The zero-order valence-electron chi connectivity index (χ0n) is 9.94. The molecule has 1 aromatic heterocycles. The van der Waals surface area contributed by atoms with Crippen molar-refractivity contribution in [2.75, 3.05) is 5.32 Å². The molecule has 1 aromatic rings. The van der Waals surface area contributed by atoms with E-state index in [0.717, 1.165) is 11.8 Å². The van der Waals surface area contributed by atoms with Crippen molar-refractivity contribution in [2.45, 2.75) is 32.1 Å². The van der Waals surface area contributed by atoms with Crippen molar-refractivity contribution in [1.82, 2.24) is 4.98 Å². The summed E-state index contributed by atoms with van der Waals surface area (Å²) in [6.45, 7) is 0. The van der Waals surface area contributed by atoms with Crippen molar-refractivity contribution >= 4 is 23.8 Å². The van der Waals surface area contributed by atoms with Gasteiger partial charge in [0.05, 0.1) is 0 Å². The van der Waals surface area contributed by atoms with Gasteiger partial charge in [0.2, 0.25) is 5.91 Å². The van der Waals surface area contributed by atoms with Crippen molar-refractivity contribution < 1.29 is 14.4 Å². The van der Waals surface area contributed by atoms with Crippen LogP contribution in [0.4, 0.5) is 5.82 Å². The summed E-state index contributed by atoms with van der Waals surface area (Å²) in [5.74, 6) is 0.326. The number of anilines is 1. The summed E-state index contributed by atoms with van der Waals surface area (Å²) in [6, 6.07) is 3.51. The molecule has 0 spiro atoms. The molecule has 5 nitrogen and oxygen atoms in total. The monoisotopic (exact) mass is 246 g/mol. The topological polar surface area (TPSA) is 76.1 Å². The molecule has 0 saturated heterocycles. The number of nitrogens with one attached hydrogen (secondary N) is 1. The third-order valence-corrected chi connectivity index (χ3v) is 2.87. The maximum atomic E-state index is 11.8. The summed E-state index contributed by atoms with van der Waals surface area (Å²) >= 11 is 0. The third-order valence-electron chi connectivity index (χ3n) is 2.87. The van der Waals surface area contributed by atoms with E-state index in [9.17, 15) is 14.4 Å². The number of nitrogens with zero attached hydrogens (tertiary/aromatic N) is 1. The minimum absolute atomic E-state index is 0.0689. The zero-order valence-corrected chi connectivity index (χ0v) is 9.94. The van der Waals surface area contributed by atoms with Gasteiger partial charge in [-0.1, -0.05) is 6.07 Å². The molecule has 0 atom stereocenters. The van der Waals surface area contributed by atoms with Crippen LogP contribution in [0, 0.1) is 0 Å². The minimum Gasteiger partial charge on any atom is -0.310 e. The second-order valence-electron chi connectivity index (χ2n) is 4.23. The quantitative estimate of drug-likeness (QED) is 0.485. The number of ketones is 1. The Kier molecular flexibility index (Phi) is 3.82. The molecule has 94 valence electrons. The summed E-state index contributed by atoms with van der Waals surface area (Å²) in [7, 11) is 0. The lowest BCUT2D eigenvalue weighted by Crippen LogP contribution is -2.21. The maximum absolute atomic E-state index is 11.8. The third kappa shape index (κ3) is 2.80. The van der Waals surface area contributed by atoms with Crippen molar-refractivity contribution in [3.63, 3.8) is 0 Å². The fraction of sp³-hybridized carbons (Fsp3) is 0.385. The van der Waals surface area contributed by atoms with E-state index in [1.54, 1.807) is 6.07 Å². The second-order valence-corrected chi connectivity index (χ2v) is 4.23. The predicted octanol–water partition coefficient (Wildman–Crippen LogP) is 1.52. The van der Waals surface area contributed by atoms with Gasteiger partial charge >= 0.3 is 0 Å². The largest absolute Gasteiger partial charge is 0.310 e. The first-order chi connectivity index (χ1) is 8.70. The number of hydrogen-bond acceptors (Lipinski definition) is 4. The first-order valence-corrected chi connectivity index (χ1v) is 5.97. The molecular weight excluding hydrogens is 232 g/mol. The van der Waals surface area contributed by atoms with E-state index in [1.807, 2.05) is 6.07 Å². The van der Waals surface area contributed by atoms with Gasteiger partial charge in [-0.25, -0.2) is 4.98 Å². The smallest absolute Gasteiger partial charge is 0.225 e. The Morgan fingerprint density at radius 1 is 1.39 bits per heavy atom. The van der Waals surface area contributed by atoms with E-state index in [4.69, 9.17) is 0 Å². The molecule has 1 aliphatic rings. The number of amides is 1. The Hall–Kier alpha value is -2.04. The highest BCUT2D eigenvalue weighted by atomic mass is 16.2. The van der Waals surface area contributed by atoms with Crippen LogP contribution in [0.5, 0.6) is 0 Å². The van der Waals surface area contributed by atoms with Crippen LogP contribution in [-0.4, -0.2) is 23.0 Å². The molecule has 1 N–H and O–H groups in total. The van der Waals surface area contributed by atoms with Crippen molar-refractivity contribution in [1.29, 1.82) is 0 Å². The first-order valence-electron chi connectivity index (χ1n) is 5.97. The number of carbonyl (C=O) groups is 3. The van der Waals surface area contributed by atoms with Crippen LogP contribution in [0.25, 0.3) is 0 Å². The Bertz CT molecular complexity index is 497. The van der Waals surface area contributed by atoms with Crippen LogP contribution in [0.2, 0.25) is 0 Å². The standard InChI is InChI=1S/C13H14N2O3/c16-8-2-1-3-11(17)10-6-4-9-5-7-12(18)15-13(9)14-10/h4,6,8H,1-3,5,7H2,(H,14,15,18). The van der Waals surface area contributed by atoms with Gasteiger partial charge in [0.1, 0.15) is 17.8 Å². The number of Topliss-reactive ketones (excluding diaryl/α,β-unsaturated/α-hetero) is 1. The molecule has 5 heteroatoms. The highest BCUT2D eigenvalue weighted by molar-refractivity contribution is 5.97. The van der Waals surface area contributed by atoms with Crippen LogP contribution >= 0.6 is 0 Å². The number of aryl methyl sites for hydroxylation is 1. The Morgan fingerprint density at radius 3 is 3.00 bits per heavy atom. The predicted molar refractivity (Wildman–Crippen MR) is 65.4 cm³/mol. The Morgan fingerprint density at radius 2 is 2.22 bits per heavy atom. The fourth-order valence-corrected chi connectivity index (χ4v) is 1.87. The SMILES string of the molecule is O=CCCCC(=O)c1ccc2c(n1)NC(=O)CC2. The molecule has 0 fully saturated rings. The average Bonchev–Trinajstić information content (AvgIpc) is 2.38. The van der Waals surface area contributed by atoms with Crippen LogP contribution in [0.1, 0.15) is 41.7 Å². The minimum atomic E-state index is -0.0977. The van der Waals surface area contributed by atoms with E-state index in [1.165, 1.54) is 0 Å². The molecule has 1 amide bonds. The van der Waals surface area contributed by atoms with Gasteiger partial charge in [-0.05, 0) is 24.5 Å². The molecule has 0 saturated carbocycles. The van der Waals surface area contributed by atoms with Crippen molar-refractivity contribution in [2.24, 2.45) is 0 Å². The molecule has 2 heterocycles. The number of carbonyl (C=O) groups excluding carboxylic acids is 3. The summed E-state index contributed by atoms with van der Waals surface area (Å²) < 4.78 is 0. The molecule has 0 radical (unpaired) electrons. The lowest BCUT2D eigenvalue weighted by molar-refractivity contribution is -0.116. The molecule has 1 aliphatic heterocycles. The number of pyridine rings is 1. The summed E-state index contributed by atoms with van der Waals surface area (Å²) in [6.07, 6.45) is 3.14. The molecular formula is C13H14N2O3. The molecule has 0 aromatic carbocycles. The maximum Gasteiger partial charge on any atom is 0.225 e. The molecule has 0 aliphatic carbocycles. The lowest BCUT2D eigenvalue weighted by atomic mass is 10.0. The summed E-state index contributed by atoms with van der Waals surface area (Å²) in [5, 5.41) is 2.66. The normalized spacial score (nSPS) is 13.7. The number of rotatable bonds is 5. The highest BCUT2D eigenvalue weighted by Gasteiger charge is 2.17. The number of fused-ring (bicyclic) bond motifs is 1. The van der Waals surface area contributed by atoms with Gasteiger partial charge in [-0.15, -0.1) is 0 Å². The summed E-state index contributed by atoms with van der Waals surface area (Å²) in [5.41, 5.74) is 1.31. The fourth-order valence-electron chi connectivity index (χ4n) is 1.87. The lowest BCUT2D eigenvalue weighted by Gasteiger charge is -2.15. The number of aromatic nitrogens is 1. The van der Waals surface area contributed by atoms with Crippen LogP contribution in [0.15, 0.2) is 12.1 Å². The Balaban J connectivity index is 2.10. The van der Waals surface area contributed by atoms with Gasteiger partial charge in [-0.2, -0.15) is 0 Å². The number of aldehydes is 1. The molecule has 18 heavy (non-hydrogen) atoms. The van der Waals surface area contributed by atoms with Gasteiger partial charge < -0.3 is 10.1 Å². The average molecular weight is 246 g/mol. The van der Waals surface area contributed by atoms with E-state index >= 15 is 0 Å². The van der Waals surface area contributed by atoms with Gasteiger partial charge in [0, 0.05) is 19.3 Å². The van der Waals surface area contributed by atoms with Crippen LogP contribution in [-0.2, 0) is 16.0 Å². The number of hydrogen-bond donors (Lipinski definition) is 1.